The highest BCUT2D eigenvalue weighted by Gasteiger charge is 2.06. The predicted octanol–water partition coefficient (Wildman–Crippen LogP) is 1.73. The van der Waals surface area contributed by atoms with Crippen molar-refractivity contribution in [1.29, 1.82) is 0 Å². The van der Waals surface area contributed by atoms with Crippen LogP contribution in [0.25, 0.3) is 6.08 Å². The van der Waals surface area contributed by atoms with E-state index in [2.05, 4.69) is 14.5 Å². The fourth-order valence-corrected chi connectivity index (χ4v) is 2.87. The SMILES string of the molecule is COC(=O)/C=C/CSc1nc(N)c(/C=C/C(=O)OC)s1. The summed E-state index contributed by atoms with van der Waals surface area (Å²) in [6.45, 7) is 0. The monoisotopic (exact) mass is 314 g/mol. The lowest BCUT2D eigenvalue weighted by Gasteiger charge is -1.90. The normalized spacial score (nSPS) is 11.1. The van der Waals surface area contributed by atoms with E-state index in [9.17, 15) is 9.59 Å². The van der Waals surface area contributed by atoms with Gasteiger partial charge in [-0.1, -0.05) is 17.8 Å². The van der Waals surface area contributed by atoms with Crippen LogP contribution in [0.15, 0.2) is 22.6 Å². The number of nitrogens with two attached hydrogens (primary N) is 1. The van der Waals surface area contributed by atoms with Crippen LogP contribution in [-0.2, 0) is 19.1 Å². The van der Waals surface area contributed by atoms with E-state index >= 15 is 0 Å². The molecule has 108 valence electrons. The predicted molar refractivity (Wildman–Crippen MR) is 79.5 cm³/mol. The fourth-order valence-electron chi connectivity index (χ4n) is 1.05. The molecule has 0 fully saturated rings. The van der Waals surface area contributed by atoms with Crippen LogP contribution in [0.5, 0.6) is 0 Å². The Hall–Kier alpha value is -1.80. The summed E-state index contributed by atoms with van der Waals surface area (Å²) in [6.07, 6.45) is 5.88. The van der Waals surface area contributed by atoms with E-state index in [1.54, 1.807) is 12.2 Å². The molecule has 0 atom stereocenters. The number of thioether (sulfide) groups is 1. The quantitative estimate of drug-likeness (QED) is 0.485. The highest BCUT2D eigenvalue weighted by atomic mass is 32.2. The summed E-state index contributed by atoms with van der Waals surface area (Å²) in [5.74, 6) is 0.0796. The molecule has 1 rings (SSSR count). The second-order valence-electron chi connectivity index (χ2n) is 3.32. The van der Waals surface area contributed by atoms with Crippen LogP contribution < -0.4 is 5.73 Å². The number of aromatic nitrogens is 1. The first kappa shape index (κ1) is 16.3. The number of anilines is 1. The van der Waals surface area contributed by atoms with Crippen molar-refractivity contribution in [2.24, 2.45) is 0 Å². The average Bonchev–Trinajstić information content (AvgIpc) is 2.80. The van der Waals surface area contributed by atoms with Gasteiger partial charge in [0, 0.05) is 17.9 Å². The molecular weight excluding hydrogens is 300 g/mol. The van der Waals surface area contributed by atoms with Gasteiger partial charge in [0.25, 0.3) is 0 Å². The molecule has 0 aliphatic heterocycles. The first-order valence-electron chi connectivity index (χ1n) is 5.46. The van der Waals surface area contributed by atoms with Crippen molar-refractivity contribution in [3.8, 4) is 0 Å². The molecule has 2 N–H and O–H groups in total. The van der Waals surface area contributed by atoms with Crippen LogP contribution in [-0.4, -0.2) is 36.9 Å². The fraction of sp³-hybridized carbons (Fsp3) is 0.250. The van der Waals surface area contributed by atoms with E-state index in [0.29, 0.717) is 16.4 Å². The Labute approximate surface area is 124 Å². The lowest BCUT2D eigenvalue weighted by atomic mass is 10.4. The Morgan fingerprint density at radius 2 is 1.95 bits per heavy atom. The highest BCUT2D eigenvalue weighted by Crippen LogP contribution is 2.29. The van der Waals surface area contributed by atoms with Crippen LogP contribution in [0.2, 0.25) is 0 Å². The summed E-state index contributed by atoms with van der Waals surface area (Å²) in [5, 5.41) is 0. The molecule has 1 heterocycles. The summed E-state index contributed by atoms with van der Waals surface area (Å²) in [5.41, 5.74) is 5.73. The lowest BCUT2D eigenvalue weighted by Crippen LogP contribution is -1.93. The molecule has 0 amide bonds. The third kappa shape index (κ3) is 5.45. The maximum atomic E-state index is 11.0. The molecule has 0 aliphatic rings. The smallest absolute Gasteiger partial charge is 0.330 e. The van der Waals surface area contributed by atoms with Gasteiger partial charge in [-0.15, -0.1) is 11.3 Å². The molecule has 20 heavy (non-hydrogen) atoms. The van der Waals surface area contributed by atoms with Crippen molar-refractivity contribution in [1.82, 2.24) is 4.98 Å². The maximum absolute atomic E-state index is 11.0. The van der Waals surface area contributed by atoms with Gasteiger partial charge in [-0.3, -0.25) is 0 Å². The van der Waals surface area contributed by atoms with Gasteiger partial charge in [-0.2, -0.15) is 0 Å². The largest absolute Gasteiger partial charge is 0.466 e. The van der Waals surface area contributed by atoms with Crippen molar-refractivity contribution in [3.05, 3.63) is 23.1 Å². The topological polar surface area (TPSA) is 91.5 Å². The minimum atomic E-state index is -0.451. The summed E-state index contributed by atoms with van der Waals surface area (Å²) in [7, 11) is 2.62. The molecule has 6 nitrogen and oxygen atoms in total. The van der Waals surface area contributed by atoms with Crippen LogP contribution in [0.1, 0.15) is 4.88 Å². The average molecular weight is 314 g/mol. The van der Waals surface area contributed by atoms with Gasteiger partial charge in [0.1, 0.15) is 5.82 Å². The molecule has 0 spiro atoms. The molecular formula is C12H14N2O4S2. The zero-order valence-corrected chi connectivity index (χ0v) is 12.6. The molecule has 0 aromatic carbocycles. The van der Waals surface area contributed by atoms with E-state index in [-0.39, 0.29) is 0 Å². The number of hydrogen-bond donors (Lipinski definition) is 1. The van der Waals surface area contributed by atoms with Gasteiger partial charge >= 0.3 is 11.9 Å². The minimum Gasteiger partial charge on any atom is -0.466 e. The Balaban J connectivity index is 2.57. The summed E-state index contributed by atoms with van der Waals surface area (Å²) < 4.78 is 9.71. The number of carbonyl (C=O) groups excluding carboxylic acids is 2. The van der Waals surface area contributed by atoms with Gasteiger partial charge in [-0.25, -0.2) is 14.6 Å². The maximum Gasteiger partial charge on any atom is 0.330 e. The van der Waals surface area contributed by atoms with Crippen LogP contribution in [0, 0.1) is 0 Å². The first-order chi connectivity index (χ1) is 9.56. The zero-order chi connectivity index (χ0) is 15.0. The Morgan fingerprint density at radius 1 is 1.30 bits per heavy atom. The minimum absolute atomic E-state index is 0.356. The highest BCUT2D eigenvalue weighted by molar-refractivity contribution is 8.01. The van der Waals surface area contributed by atoms with Crippen LogP contribution in [0.4, 0.5) is 5.82 Å². The molecule has 0 saturated carbocycles. The molecule has 1 aromatic rings. The third-order valence-electron chi connectivity index (χ3n) is 1.99. The molecule has 0 aliphatic carbocycles. The van der Waals surface area contributed by atoms with Crippen LogP contribution in [0.3, 0.4) is 0 Å². The number of carbonyl (C=O) groups is 2. The number of ether oxygens (including phenoxy) is 2. The lowest BCUT2D eigenvalue weighted by molar-refractivity contribution is -0.135. The van der Waals surface area contributed by atoms with Gasteiger partial charge in [0.15, 0.2) is 4.34 Å². The third-order valence-corrected chi connectivity index (χ3v) is 4.12. The number of esters is 2. The van der Waals surface area contributed by atoms with Gasteiger partial charge in [0.05, 0.1) is 19.1 Å². The standard InChI is InChI=1S/C12H14N2O4S2/c1-17-9(15)4-3-7-19-12-14-11(13)8(20-12)5-6-10(16)18-2/h3-6H,7,13H2,1-2H3/b4-3+,6-5+. The first-order valence-corrected chi connectivity index (χ1v) is 7.26. The van der Waals surface area contributed by atoms with Gasteiger partial charge in [0.2, 0.25) is 0 Å². The van der Waals surface area contributed by atoms with Crippen molar-refractivity contribution in [3.63, 3.8) is 0 Å². The van der Waals surface area contributed by atoms with Gasteiger partial charge < -0.3 is 15.2 Å². The molecule has 8 heteroatoms. The Morgan fingerprint density at radius 3 is 2.60 bits per heavy atom. The van der Waals surface area contributed by atoms with E-state index < -0.39 is 11.9 Å². The van der Waals surface area contributed by atoms with E-state index in [1.807, 2.05) is 0 Å². The second-order valence-corrected chi connectivity index (χ2v) is 5.62. The molecule has 0 bridgehead atoms. The summed E-state index contributed by atoms with van der Waals surface area (Å²) in [6, 6.07) is 0. The molecule has 1 aromatic heterocycles. The van der Waals surface area contributed by atoms with Crippen molar-refractivity contribution < 1.29 is 19.1 Å². The van der Waals surface area contributed by atoms with Crippen LogP contribution >= 0.6 is 23.1 Å². The molecule has 0 saturated heterocycles. The van der Waals surface area contributed by atoms with E-state index in [0.717, 1.165) is 4.34 Å². The Kier molecular flexibility index (Phi) is 6.82. The van der Waals surface area contributed by atoms with Crippen molar-refractivity contribution in [2.45, 2.75) is 4.34 Å². The van der Waals surface area contributed by atoms with Gasteiger partial charge in [-0.05, 0) is 6.08 Å². The van der Waals surface area contributed by atoms with E-state index in [1.165, 1.54) is 49.5 Å². The molecule has 0 unspecified atom stereocenters. The number of nitrogens with zero attached hydrogens (tertiary/aromatic N) is 1. The number of methoxy groups -OCH3 is 2. The number of nitrogen functional groups attached to an aromatic ring is 1. The van der Waals surface area contributed by atoms with Crippen molar-refractivity contribution >= 4 is 46.9 Å². The van der Waals surface area contributed by atoms with E-state index in [4.69, 9.17) is 5.73 Å². The molecule has 0 radical (unpaired) electrons. The summed E-state index contributed by atoms with van der Waals surface area (Å²) in [4.78, 5) is 26.7. The number of rotatable bonds is 6. The summed E-state index contributed by atoms with van der Waals surface area (Å²) >= 11 is 2.79. The number of hydrogen-bond acceptors (Lipinski definition) is 8. The Bertz CT molecular complexity index is 538. The zero-order valence-electron chi connectivity index (χ0n) is 11.0. The second kappa shape index (κ2) is 8.39. The van der Waals surface area contributed by atoms with Crippen molar-refractivity contribution in [2.75, 3.05) is 25.7 Å². The number of thiazole rings is 1.